The van der Waals surface area contributed by atoms with Gasteiger partial charge in [-0.25, -0.2) is 0 Å². The normalized spacial score (nSPS) is 34.7. The molecule has 0 aliphatic heterocycles. The number of rotatable bonds is 1. The monoisotopic (exact) mass is 168 g/mol. The van der Waals surface area contributed by atoms with Gasteiger partial charge in [-0.3, -0.25) is 0 Å². The molecule has 1 heteroatoms. The van der Waals surface area contributed by atoms with Crippen LogP contribution in [0.1, 0.15) is 40.0 Å². The van der Waals surface area contributed by atoms with Crippen LogP contribution in [-0.2, 0) is 0 Å². The van der Waals surface area contributed by atoms with Gasteiger partial charge in [-0.1, -0.05) is 26.0 Å². The molecule has 2 unspecified atom stereocenters. The van der Waals surface area contributed by atoms with Crippen molar-refractivity contribution in [2.45, 2.75) is 46.1 Å². The van der Waals surface area contributed by atoms with E-state index in [4.69, 9.17) is 0 Å². The Labute approximate surface area is 75.5 Å². The van der Waals surface area contributed by atoms with E-state index in [2.05, 4.69) is 27.4 Å². The maximum atomic E-state index is 9.62. The third-order valence-corrected chi connectivity index (χ3v) is 2.84. The summed E-state index contributed by atoms with van der Waals surface area (Å²) in [6, 6.07) is 0. The van der Waals surface area contributed by atoms with Crippen molar-refractivity contribution in [2.24, 2.45) is 11.3 Å². The second-order valence-corrected chi connectivity index (χ2v) is 5.01. The van der Waals surface area contributed by atoms with E-state index in [0.29, 0.717) is 11.3 Å². The van der Waals surface area contributed by atoms with Crippen LogP contribution in [-0.4, -0.2) is 11.2 Å². The minimum absolute atomic E-state index is 0.115. The molecule has 1 aliphatic rings. The first-order valence-corrected chi connectivity index (χ1v) is 4.74. The molecule has 12 heavy (non-hydrogen) atoms. The zero-order chi connectivity index (χ0) is 9.35. The van der Waals surface area contributed by atoms with E-state index in [-0.39, 0.29) is 6.10 Å². The molecule has 70 valence electrons. The van der Waals surface area contributed by atoms with Crippen molar-refractivity contribution in [1.29, 1.82) is 0 Å². The fourth-order valence-corrected chi connectivity index (χ4v) is 2.26. The first-order chi connectivity index (χ1) is 5.41. The summed E-state index contributed by atoms with van der Waals surface area (Å²) in [7, 11) is 0. The van der Waals surface area contributed by atoms with E-state index >= 15 is 0 Å². The highest BCUT2D eigenvalue weighted by Crippen LogP contribution is 2.40. The van der Waals surface area contributed by atoms with Crippen molar-refractivity contribution < 1.29 is 5.11 Å². The predicted octanol–water partition coefficient (Wildman–Crippen LogP) is 2.75. The Morgan fingerprint density at radius 1 is 1.42 bits per heavy atom. The summed E-state index contributed by atoms with van der Waals surface area (Å²) in [5.41, 5.74) is 1.52. The minimum Gasteiger partial charge on any atom is -0.393 e. The lowest BCUT2D eigenvalue weighted by molar-refractivity contribution is 0.0439. The van der Waals surface area contributed by atoms with Gasteiger partial charge in [0.25, 0.3) is 0 Å². The lowest BCUT2D eigenvalue weighted by atomic mass is 9.69. The van der Waals surface area contributed by atoms with Gasteiger partial charge in [-0.05, 0) is 37.5 Å². The summed E-state index contributed by atoms with van der Waals surface area (Å²) < 4.78 is 0. The van der Waals surface area contributed by atoms with Gasteiger partial charge in [0.15, 0.2) is 0 Å². The first-order valence-electron chi connectivity index (χ1n) is 4.74. The highest BCUT2D eigenvalue weighted by Gasteiger charge is 2.33. The number of aliphatic hydroxyl groups is 1. The van der Waals surface area contributed by atoms with Gasteiger partial charge in [0, 0.05) is 0 Å². The molecular weight excluding hydrogens is 148 g/mol. The average molecular weight is 168 g/mol. The van der Waals surface area contributed by atoms with Crippen molar-refractivity contribution in [2.75, 3.05) is 0 Å². The third kappa shape index (κ3) is 2.34. The fraction of sp³-hybridized carbons (Fsp3) is 0.818. The number of aliphatic hydroxyl groups excluding tert-OH is 1. The Kier molecular flexibility index (Phi) is 2.62. The molecule has 0 aromatic carbocycles. The Morgan fingerprint density at radius 2 is 2.00 bits per heavy atom. The Hall–Kier alpha value is -0.300. The van der Waals surface area contributed by atoms with Crippen LogP contribution in [0.4, 0.5) is 0 Å². The van der Waals surface area contributed by atoms with E-state index in [9.17, 15) is 5.11 Å². The summed E-state index contributed by atoms with van der Waals surface area (Å²) in [6.07, 6.45) is 2.92. The van der Waals surface area contributed by atoms with Crippen molar-refractivity contribution in [3.05, 3.63) is 12.2 Å². The van der Waals surface area contributed by atoms with Gasteiger partial charge in [-0.2, -0.15) is 0 Å². The van der Waals surface area contributed by atoms with Crippen LogP contribution in [0.3, 0.4) is 0 Å². The van der Waals surface area contributed by atoms with Gasteiger partial charge < -0.3 is 5.11 Å². The molecule has 0 aromatic rings. The molecular formula is C11H20O. The molecule has 0 bridgehead atoms. The molecule has 0 spiro atoms. The summed E-state index contributed by atoms with van der Waals surface area (Å²) in [4.78, 5) is 0. The van der Waals surface area contributed by atoms with Crippen LogP contribution >= 0.6 is 0 Å². The molecule has 0 radical (unpaired) electrons. The second kappa shape index (κ2) is 3.21. The van der Waals surface area contributed by atoms with Crippen LogP contribution in [0, 0.1) is 11.3 Å². The highest BCUT2D eigenvalue weighted by atomic mass is 16.3. The Morgan fingerprint density at radius 3 is 2.42 bits per heavy atom. The maximum Gasteiger partial charge on any atom is 0.0551 e. The quantitative estimate of drug-likeness (QED) is 0.597. The van der Waals surface area contributed by atoms with Crippen LogP contribution in [0.25, 0.3) is 0 Å². The smallest absolute Gasteiger partial charge is 0.0551 e. The van der Waals surface area contributed by atoms with Crippen LogP contribution in [0.15, 0.2) is 12.2 Å². The third-order valence-electron chi connectivity index (χ3n) is 2.84. The van der Waals surface area contributed by atoms with Crippen molar-refractivity contribution in [3.63, 3.8) is 0 Å². The van der Waals surface area contributed by atoms with E-state index in [1.54, 1.807) is 0 Å². The van der Waals surface area contributed by atoms with Crippen molar-refractivity contribution >= 4 is 0 Å². The zero-order valence-electron chi connectivity index (χ0n) is 8.43. The molecule has 0 aromatic heterocycles. The average Bonchev–Trinajstić information content (AvgIpc) is 1.82. The van der Waals surface area contributed by atoms with Crippen molar-refractivity contribution in [1.82, 2.24) is 0 Å². The van der Waals surface area contributed by atoms with Gasteiger partial charge >= 0.3 is 0 Å². The zero-order valence-corrected chi connectivity index (χ0v) is 8.43. The van der Waals surface area contributed by atoms with Crippen molar-refractivity contribution in [3.8, 4) is 0 Å². The summed E-state index contributed by atoms with van der Waals surface area (Å²) in [5.74, 6) is 0.531. The first kappa shape index (κ1) is 9.79. The summed E-state index contributed by atoms with van der Waals surface area (Å²) in [5, 5.41) is 9.62. The number of hydrogen-bond donors (Lipinski definition) is 1. The predicted molar refractivity (Wildman–Crippen MR) is 51.9 cm³/mol. The molecule has 0 heterocycles. The highest BCUT2D eigenvalue weighted by molar-refractivity contribution is 5.01. The SMILES string of the molecule is C=C(C)C1CC(O)CC(C)(C)C1. The largest absolute Gasteiger partial charge is 0.393 e. The molecule has 1 N–H and O–H groups in total. The minimum atomic E-state index is -0.115. The molecule has 1 saturated carbocycles. The number of allylic oxidation sites excluding steroid dienone is 1. The van der Waals surface area contributed by atoms with Crippen LogP contribution in [0.5, 0.6) is 0 Å². The standard InChI is InChI=1S/C11H20O/c1-8(2)9-5-10(12)7-11(3,4)6-9/h9-10,12H,1,5-7H2,2-4H3. The molecule has 1 nitrogen and oxygen atoms in total. The van der Waals surface area contributed by atoms with Gasteiger partial charge in [0.1, 0.15) is 0 Å². The van der Waals surface area contributed by atoms with E-state index < -0.39 is 0 Å². The van der Waals surface area contributed by atoms with Gasteiger partial charge in [0.2, 0.25) is 0 Å². The molecule has 1 aliphatic carbocycles. The Bertz CT molecular complexity index is 181. The fourth-order valence-electron chi connectivity index (χ4n) is 2.26. The van der Waals surface area contributed by atoms with Crippen LogP contribution in [0.2, 0.25) is 0 Å². The summed E-state index contributed by atoms with van der Waals surface area (Å²) >= 11 is 0. The topological polar surface area (TPSA) is 20.2 Å². The molecule has 0 saturated heterocycles. The lowest BCUT2D eigenvalue weighted by Gasteiger charge is -2.38. The molecule has 1 rings (SSSR count). The van der Waals surface area contributed by atoms with Gasteiger partial charge in [-0.15, -0.1) is 0 Å². The molecule has 2 atom stereocenters. The lowest BCUT2D eigenvalue weighted by Crippen LogP contribution is -2.32. The maximum absolute atomic E-state index is 9.62. The van der Waals surface area contributed by atoms with Gasteiger partial charge in [0.05, 0.1) is 6.10 Å². The number of hydrogen-bond acceptors (Lipinski definition) is 1. The molecule has 1 fully saturated rings. The van der Waals surface area contributed by atoms with Crippen LogP contribution < -0.4 is 0 Å². The Balaban J connectivity index is 2.64. The molecule has 0 amide bonds. The van der Waals surface area contributed by atoms with E-state index in [1.807, 2.05) is 0 Å². The second-order valence-electron chi connectivity index (χ2n) is 5.01. The van der Waals surface area contributed by atoms with E-state index in [1.165, 1.54) is 12.0 Å². The summed E-state index contributed by atoms with van der Waals surface area (Å²) in [6.45, 7) is 10.5. The van der Waals surface area contributed by atoms with E-state index in [0.717, 1.165) is 12.8 Å².